The number of carbonyl (C=O) groups is 1. The summed E-state index contributed by atoms with van der Waals surface area (Å²) in [5.74, 6) is -0.0463. The number of carbonyl (C=O) groups excluding carboxylic acids is 1. The van der Waals surface area contributed by atoms with Crippen molar-refractivity contribution < 1.29 is 22.7 Å². The van der Waals surface area contributed by atoms with Gasteiger partial charge in [-0.3, -0.25) is 14.5 Å². The SMILES string of the molecule is CC(C)n1cc2c(n1)-c1cc(-c3cc(C(=O)Nc4ccc(OC(F)(F)Cl)cc4)cnc3N3CC[C@@H](F)C3)cnc1C2. The molecular formula is C29H26ClF3N6O2. The lowest BCUT2D eigenvalue weighted by Gasteiger charge is -2.21. The molecule has 6 rings (SSSR count). The molecule has 4 aromatic rings. The molecule has 1 fully saturated rings. The van der Waals surface area contributed by atoms with Crippen LogP contribution in [0.15, 0.2) is 55.0 Å². The summed E-state index contributed by atoms with van der Waals surface area (Å²) < 4.78 is 46.2. The molecular weight excluding hydrogens is 557 g/mol. The molecule has 1 amide bonds. The van der Waals surface area contributed by atoms with E-state index in [1.54, 1.807) is 12.3 Å². The van der Waals surface area contributed by atoms with Gasteiger partial charge in [0.1, 0.15) is 17.7 Å². The largest absolute Gasteiger partial charge is 0.487 e. The van der Waals surface area contributed by atoms with Gasteiger partial charge in [0.15, 0.2) is 0 Å². The summed E-state index contributed by atoms with van der Waals surface area (Å²) >= 11 is 4.81. The van der Waals surface area contributed by atoms with Crippen molar-refractivity contribution in [2.24, 2.45) is 0 Å². The fourth-order valence-corrected chi connectivity index (χ4v) is 5.21. The van der Waals surface area contributed by atoms with E-state index < -0.39 is 17.6 Å². The minimum absolute atomic E-state index is 0.154. The summed E-state index contributed by atoms with van der Waals surface area (Å²) in [6.45, 7) is 4.86. The minimum atomic E-state index is -3.84. The van der Waals surface area contributed by atoms with Gasteiger partial charge >= 0.3 is 5.57 Å². The summed E-state index contributed by atoms with van der Waals surface area (Å²) in [4.78, 5) is 24.4. The Hall–Kier alpha value is -4.12. The number of nitrogens with one attached hydrogen (secondary N) is 1. The van der Waals surface area contributed by atoms with Gasteiger partial charge in [-0.25, -0.2) is 9.37 Å². The van der Waals surface area contributed by atoms with E-state index >= 15 is 0 Å². The maximum atomic E-state index is 14.2. The zero-order valence-corrected chi connectivity index (χ0v) is 23.0. The van der Waals surface area contributed by atoms with Gasteiger partial charge in [-0.15, -0.1) is 8.78 Å². The molecule has 3 aromatic heterocycles. The van der Waals surface area contributed by atoms with E-state index in [1.807, 2.05) is 21.8 Å². The third-order valence-corrected chi connectivity index (χ3v) is 7.21. The Balaban J connectivity index is 1.33. The van der Waals surface area contributed by atoms with E-state index in [0.29, 0.717) is 36.5 Å². The van der Waals surface area contributed by atoms with Crippen LogP contribution in [0.25, 0.3) is 22.4 Å². The van der Waals surface area contributed by atoms with Crippen LogP contribution >= 0.6 is 11.6 Å². The molecule has 212 valence electrons. The van der Waals surface area contributed by atoms with Gasteiger partial charge in [0.25, 0.3) is 5.91 Å². The zero-order valence-electron chi connectivity index (χ0n) is 22.2. The number of anilines is 2. The van der Waals surface area contributed by atoms with Crippen molar-refractivity contribution in [3.05, 3.63) is 71.8 Å². The first-order chi connectivity index (χ1) is 19.5. The number of benzene rings is 1. The molecule has 41 heavy (non-hydrogen) atoms. The molecule has 1 atom stereocenters. The van der Waals surface area contributed by atoms with Gasteiger partial charge in [-0.1, -0.05) is 0 Å². The van der Waals surface area contributed by atoms with Gasteiger partial charge in [-0.05, 0) is 56.7 Å². The first kappa shape index (κ1) is 27.1. The van der Waals surface area contributed by atoms with Gasteiger partial charge in [0.05, 0.1) is 23.5 Å². The summed E-state index contributed by atoms with van der Waals surface area (Å²) in [6, 6.07) is 9.31. The highest BCUT2D eigenvalue weighted by atomic mass is 35.5. The molecule has 0 saturated carbocycles. The van der Waals surface area contributed by atoms with Crippen LogP contribution in [-0.2, 0) is 6.42 Å². The van der Waals surface area contributed by atoms with E-state index in [1.165, 1.54) is 30.5 Å². The highest BCUT2D eigenvalue weighted by Crippen LogP contribution is 2.39. The Morgan fingerprint density at radius 1 is 1.15 bits per heavy atom. The molecule has 0 radical (unpaired) electrons. The molecule has 1 aliphatic heterocycles. The molecule has 0 spiro atoms. The second kappa shape index (κ2) is 10.4. The number of halogens is 4. The summed E-state index contributed by atoms with van der Waals surface area (Å²) in [6.07, 6.45) is 5.36. The maximum Gasteiger partial charge on any atom is 0.487 e. The number of alkyl halides is 4. The van der Waals surface area contributed by atoms with Gasteiger partial charge in [0, 0.05) is 77.1 Å². The fourth-order valence-electron chi connectivity index (χ4n) is 5.12. The van der Waals surface area contributed by atoms with Crippen LogP contribution in [-0.4, -0.2) is 50.5 Å². The first-order valence-electron chi connectivity index (χ1n) is 13.2. The number of aromatic nitrogens is 4. The number of fused-ring (bicyclic) bond motifs is 3. The Morgan fingerprint density at radius 3 is 2.61 bits per heavy atom. The van der Waals surface area contributed by atoms with Crippen LogP contribution in [0.3, 0.4) is 0 Å². The number of rotatable bonds is 7. The summed E-state index contributed by atoms with van der Waals surface area (Å²) in [5, 5.41) is 7.51. The van der Waals surface area contributed by atoms with Crippen molar-refractivity contribution in [2.45, 2.75) is 44.5 Å². The molecule has 1 aromatic carbocycles. The fraction of sp³-hybridized carbons (Fsp3) is 0.310. The number of amides is 1. The predicted molar refractivity (Wildman–Crippen MR) is 149 cm³/mol. The molecule has 4 heterocycles. The first-order valence-corrected chi connectivity index (χ1v) is 13.6. The molecule has 12 heteroatoms. The molecule has 1 saturated heterocycles. The summed E-state index contributed by atoms with van der Waals surface area (Å²) in [5.41, 5.74) is 2.00. The van der Waals surface area contributed by atoms with E-state index in [9.17, 15) is 18.0 Å². The topological polar surface area (TPSA) is 85.2 Å². The Labute approximate surface area is 239 Å². The van der Waals surface area contributed by atoms with Crippen molar-refractivity contribution >= 4 is 29.0 Å². The predicted octanol–water partition coefficient (Wildman–Crippen LogP) is 6.46. The molecule has 1 N–H and O–H groups in total. The smallest absolute Gasteiger partial charge is 0.420 e. The quantitative estimate of drug-likeness (QED) is 0.222. The molecule has 0 unspecified atom stereocenters. The Morgan fingerprint density at radius 2 is 1.93 bits per heavy atom. The third-order valence-electron chi connectivity index (χ3n) is 7.14. The Bertz CT molecular complexity index is 1620. The minimum Gasteiger partial charge on any atom is -0.420 e. The Kier molecular flexibility index (Phi) is 6.85. The highest BCUT2D eigenvalue weighted by molar-refractivity contribution is 6.20. The van der Waals surface area contributed by atoms with E-state index in [-0.39, 0.29) is 23.9 Å². The number of nitrogens with zero attached hydrogens (tertiary/aromatic N) is 5. The zero-order chi connectivity index (χ0) is 28.9. The standard InChI is InChI=1S/C29H26ClF3N6O2/c1-16(2)39-14-19-11-25-24(26(19)37-39)9-17(12-34-25)23-10-18(13-35-27(23)38-8-7-20(31)15-38)28(40)36-21-3-5-22(6-4-21)41-29(30,32)33/h3-6,9-10,12-14,16,20H,7-8,11,15H2,1-2H3,(H,36,40)/t20-/m1/s1. The second-order valence-corrected chi connectivity index (χ2v) is 10.9. The number of pyridine rings is 2. The van der Waals surface area contributed by atoms with Crippen molar-refractivity contribution in [3.8, 4) is 28.1 Å². The van der Waals surface area contributed by atoms with Crippen molar-refractivity contribution in [2.75, 3.05) is 23.3 Å². The van der Waals surface area contributed by atoms with Gasteiger partial charge < -0.3 is 15.0 Å². The van der Waals surface area contributed by atoms with Crippen molar-refractivity contribution in [3.63, 3.8) is 0 Å². The van der Waals surface area contributed by atoms with Crippen LogP contribution in [0.1, 0.15) is 47.9 Å². The van der Waals surface area contributed by atoms with Crippen molar-refractivity contribution in [1.29, 1.82) is 0 Å². The van der Waals surface area contributed by atoms with E-state index in [2.05, 4.69) is 28.9 Å². The lowest BCUT2D eigenvalue weighted by molar-refractivity contribution is -0.0964. The monoisotopic (exact) mass is 582 g/mol. The third kappa shape index (κ3) is 5.58. The second-order valence-electron chi connectivity index (χ2n) is 10.4. The number of ether oxygens (including phenoxy) is 1. The maximum absolute atomic E-state index is 14.2. The van der Waals surface area contributed by atoms with E-state index in [0.717, 1.165) is 28.1 Å². The van der Waals surface area contributed by atoms with Gasteiger partial charge in [-0.2, -0.15) is 5.10 Å². The number of hydrogen-bond donors (Lipinski definition) is 1. The number of hydrogen-bond acceptors (Lipinski definition) is 6. The normalized spacial score (nSPS) is 16.2. The van der Waals surface area contributed by atoms with Gasteiger partial charge in [0.2, 0.25) is 0 Å². The molecule has 0 bridgehead atoms. The van der Waals surface area contributed by atoms with Crippen LogP contribution in [0.2, 0.25) is 0 Å². The van der Waals surface area contributed by atoms with Crippen LogP contribution in [0, 0.1) is 0 Å². The van der Waals surface area contributed by atoms with Crippen LogP contribution in [0.5, 0.6) is 5.75 Å². The average Bonchev–Trinajstić information content (AvgIpc) is 3.63. The average molecular weight is 583 g/mol. The van der Waals surface area contributed by atoms with E-state index in [4.69, 9.17) is 21.7 Å². The highest BCUT2D eigenvalue weighted by Gasteiger charge is 2.29. The summed E-state index contributed by atoms with van der Waals surface area (Å²) in [7, 11) is 0. The lowest BCUT2D eigenvalue weighted by atomic mass is 10.0. The van der Waals surface area contributed by atoms with Crippen molar-refractivity contribution in [1.82, 2.24) is 19.7 Å². The molecule has 1 aliphatic carbocycles. The van der Waals surface area contributed by atoms with Crippen LogP contribution < -0.4 is 15.0 Å². The molecule has 8 nitrogen and oxygen atoms in total. The lowest BCUT2D eigenvalue weighted by Crippen LogP contribution is -2.22. The molecule has 2 aliphatic rings. The van der Waals surface area contributed by atoms with Crippen LogP contribution in [0.4, 0.5) is 24.7 Å².